The van der Waals surface area contributed by atoms with Gasteiger partial charge in [-0.05, 0) is 19.3 Å². The highest BCUT2D eigenvalue weighted by atomic mass is 19.2. The second kappa shape index (κ2) is 12.5. The van der Waals surface area contributed by atoms with E-state index in [-0.39, 0.29) is 0 Å². The van der Waals surface area contributed by atoms with Crippen LogP contribution in [0.2, 0.25) is 0 Å². The number of rotatable bonds is 13. The molecule has 1 rings (SSSR count). The quantitative estimate of drug-likeness (QED) is 0.331. The molecule has 0 saturated carbocycles. The van der Waals surface area contributed by atoms with Gasteiger partial charge in [0.25, 0.3) is 0 Å². The predicted molar refractivity (Wildman–Crippen MR) is 88.3 cm³/mol. The van der Waals surface area contributed by atoms with Crippen molar-refractivity contribution in [3.05, 3.63) is 30.6 Å². The summed E-state index contributed by atoms with van der Waals surface area (Å²) in [6, 6.07) is 6.01. The fourth-order valence-corrected chi connectivity index (χ4v) is 2.70. The summed E-state index contributed by atoms with van der Waals surface area (Å²) in [7, 11) is 0. The Morgan fingerprint density at radius 2 is 1.27 bits per heavy atom. The molecule has 0 N–H and O–H groups in total. The van der Waals surface area contributed by atoms with Gasteiger partial charge in [-0.1, -0.05) is 51.5 Å². The van der Waals surface area contributed by atoms with Crippen LogP contribution in [0.5, 0.6) is 0 Å². The lowest BCUT2D eigenvalue weighted by molar-refractivity contribution is -0.697. The number of nitrogens with zero attached hydrogens (tertiary/aromatic N) is 1. The van der Waals surface area contributed by atoms with E-state index in [9.17, 15) is 8.78 Å². The number of hydrogen-bond donors (Lipinski definition) is 0. The van der Waals surface area contributed by atoms with E-state index in [1.807, 2.05) is 30.6 Å². The van der Waals surface area contributed by atoms with Crippen LogP contribution in [0.15, 0.2) is 30.6 Å². The third kappa shape index (κ3) is 9.11. The molecule has 0 spiro atoms. The van der Waals surface area contributed by atoms with Crippen LogP contribution in [0.25, 0.3) is 0 Å². The molecule has 0 radical (unpaired) electrons. The van der Waals surface area contributed by atoms with Gasteiger partial charge in [-0.2, -0.15) is 0 Å². The standard InChI is InChI=1S/C19H32F2N/c1-2-3-4-5-8-13-18(20)19(21)14-9-6-10-15-22-16-11-7-12-17-22/h7,11-12,16-19H,2-6,8-10,13-15H2,1H3/q+1. The lowest BCUT2D eigenvalue weighted by Gasteiger charge is -2.13. The fourth-order valence-electron chi connectivity index (χ4n) is 2.70. The molecule has 0 amide bonds. The van der Waals surface area contributed by atoms with Gasteiger partial charge in [-0.3, -0.25) is 0 Å². The Labute approximate surface area is 134 Å². The summed E-state index contributed by atoms with van der Waals surface area (Å²) in [5.74, 6) is 0. The molecule has 126 valence electrons. The first-order valence-corrected chi connectivity index (χ1v) is 8.96. The molecule has 0 fully saturated rings. The largest absolute Gasteiger partial charge is 0.244 e. The second-order valence-corrected chi connectivity index (χ2v) is 6.20. The van der Waals surface area contributed by atoms with Crippen molar-refractivity contribution in [2.24, 2.45) is 0 Å². The molecule has 0 aliphatic carbocycles. The smallest absolute Gasteiger partial charge is 0.168 e. The summed E-state index contributed by atoms with van der Waals surface area (Å²) in [5, 5.41) is 0. The zero-order valence-corrected chi connectivity index (χ0v) is 14.0. The molecule has 0 aromatic carbocycles. The summed E-state index contributed by atoms with van der Waals surface area (Å²) >= 11 is 0. The monoisotopic (exact) mass is 312 g/mol. The Bertz CT molecular complexity index is 356. The fraction of sp³-hybridized carbons (Fsp3) is 0.737. The number of unbranched alkanes of at least 4 members (excludes halogenated alkanes) is 6. The van der Waals surface area contributed by atoms with Crippen molar-refractivity contribution in [2.45, 2.75) is 90.0 Å². The highest BCUT2D eigenvalue weighted by Crippen LogP contribution is 2.18. The first-order valence-electron chi connectivity index (χ1n) is 8.96. The Kier molecular flexibility index (Phi) is 10.9. The normalized spacial score (nSPS) is 14.0. The summed E-state index contributed by atoms with van der Waals surface area (Å²) in [4.78, 5) is 0. The molecule has 0 bridgehead atoms. The van der Waals surface area contributed by atoms with E-state index in [1.54, 1.807) is 0 Å². The van der Waals surface area contributed by atoms with Crippen LogP contribution < -0.4 is 4.57 Å². The van der Waals surface area contributed by atoms with E-state index in [1.165, 1.54) is 12.8 Å². The van der Waals surface area contributed by atoms with E-state index in [0.29, 0.717) is 12.8 Å². The molecule has 1 aromatic heterocycles. The number of aryl methyl sites for hydroxylation is 1. The van der Waals surface area contributed by atoms with Crippen LogP contribution in [-0.4, -0.2) is 12.3 Å². The zero-order valence-electron chi connectivity index (χ0n) is 14.0. The van der Waals surface area contributed by atoms with Crippen molar-refractivity contribution < 1.29 is 13.3 Å². The molecular formula is C19H32F2N+. The minimum Gasteiger partial charge on any atom is -0.244 e. The Morgan fingerprint density at radius 3 is 1.86 bits per heavy atom. The van der Waals surface area contributed by atoms with Crippen LogP contribution in [0.3, 0.4) is 0 Å². The van der Waals surface area contributed by atoms with Gasteiger partial charge in [-0.15, -0.1) is 0 Å². The lowest BCUT2D eigenvalue weighted by atomic mass is 10.0. The third-order valence-corrected chi connectivity index (χ3v) is 4.15. The second-order valence-electron chi connectivity index (χ2n) is 6.20. The molecule has 22 heavy (non-hydrogen) atoms. The van der Waals surface area contributed by atoms with Gasteiger partial charge in [0.05, 0.1) is 0 Å². The molecule has 1 nitrogen and oxygen atoms in total. The number of halogens is 2. The average Bonchev–Trinajstić information content (AvgIpc) is 2.55. The van der Waals surface area contributed by atoms with Crippen LogP contribution in [0.4, 0.5) is 8.78 Å². The third-order valence-electron chi connectivity index (χ3n) is 4.15. The summed E-state index contributed by atoms with van der Waals surface area (Å²) in [6.45, 7) is 3.11. The highest BCUT2D eigenvalue weighted by Gasteiger charge is 2.19. The number of pyridine rings is 1. The predicted octanol–water partition coefficient (Wildman–Crippen LogP) is 5.57. The maximum absolute atomic E-state index is 13.7. The van der Waals surface area contributed by atoms with E-state index < -0.39 is 12.3 Å². The lowest BCUT2D eigenvalue weighted by Crippen LogP contribution is -2.32. The van der Waals surface area contributed by atoms with E-state index in [2.05, 4.69) is 11.5 Å². The van der Waals surface area contributed by atoms with Gasteiger partial charge >= 0.3 is 0 Å². The zero-order chi connectivity index (χ0) is 16.0. The molecule has 2 unspecified atom stereocenters. The summed E-state index contributed by atoms with van der Waals surface area (Å²) in [5.41, 5.74) is 0. The molecule has 1 heterocycles. The van der Waals surface area contributed by atoms with E-state index in [0.717, 1.165) is 45.1 Å². The molecule has 0 aliphatic rings. The van der Waals surface area contributed by atoms with Crippen molar-refractivity contribution in [2.75, 3.05) is 0 Å². The van der Waals surface area contributed by atoms with E-state index >= 15 is 0 Å². The molecule has 3 heteroatoms. The average molecular weight is 312 g/mol. The summed E-state index contributed by atoms with van der Waals surface area (Å²) in [6.07, 6.45) is 10.5. The van der Waals surface area contributed by atoms with Crippen molar-refractivity contribution in [1.82, 2.24) is 0 Å². The van der Waals surface area contributed by atoms with Crippen LogP contribution in [0, 0.1) is 0 Å². The minimum atomic E-state index is -1.27. The van der Waals surface area contributed by atoms with Crippen LogP contribution in [0.1, 0.15) is 71.1 Å². The molecule has 0 aliphatic heterocycles. The van der Waals surface area contributed by atoms with Gasteiger partial charge in [0.15, 0.2) is 12.4 Å². The van der Waals surface area contributed by atoms with Crippen LogP contribution in [-0.2, 0) is 6.54 Å². The Morgan fingerprint density at radius 1 is 0.727 bits per heavy atom. The van der Waals surface area contributed by atoms with Gasteiger partial charge in [-0.25, -0.2) is 13.3 Å². The van der Waals surface area contributed by atoms with Crippen molar-refractivity contribution >= 4 is 0 Å². The SMILES string of the molecule is CCCCCCCC(F)C(F)CCCCC[n+]1ccccc1. The van der Waals surface area contributed by atoms with Crippen molar-refractivity contribution in [1.29, 1.82) is 0 Å². The Hall–Kier alpha value is -0.990. The molecular weight excluding hydrogens is 280 g/mol. The number of hydrogen-bond acceptors (Lipinski definition) is 0. The first kappa shape index (κ1) is 19.1. The van der Waals surface area contributed by atoms with Crippen LogP contribution >= 0.6 is 0 Å². The van der Waals surface area contributed by atoms with Gasteiger partial charge in [0, 0.05) is 18.6 Å². The maximum Gasteiger partial charge on any atom is 0.168 e. The number of aromatic nitrogens is 1. The topological polar surface area (TPSA) is 3.88 Å². The summed E-state index contributed by atoms with van der Waals surface area (Å²) < 4.78 is 29.6. The van der Waals surface area contributed by atoms with Crippen molar-refractivity contribution in [3.63, 3.8) is 0 Å². The maximum atomic E-state index is 13.7. The van der Waals surface area contributed by atoms with Gasteiger partial charge < -0.3 is 0 Å². The highest BCUT2D eigenvalue weighted by molar-refractivity contribution is 4.83. The Balaban J connectivity index is 1.98. The number of alkyl halides is 2. The van der Waals surface area contributed by atoms with Gasteiger partial charge in [0.2, 0.25) is 0 Å². The minimum absolute atomic E-state index is 0.371. The molecule has 0 saturated heterocycles. The first-order chi connectivity index (χ1) is 10.7. The van der Waals surface area contributed by atoms with E-state index in [4.69, 9.17) is 0 Å². The molecule has 1 aromatic rings. The van der Waals surface area contributed by atoms with Gasteiger partial charge in [0.1, 0.15) is 18.9 Å². The molecule has 2 atom stereocenters. The van der Waals surface area contributed by atoms with Crippen molar-refractivity contribution in [3.8, 4) is 0 Å².